The van der Waals surface area contributed by atoms with E-state index in [2.05, 4.69) is 33.3 Å². The molecule has 38 heavy (non-hydrogen) atoms. The van der Waals surface area contributed by atoms with Crippen molar-refractivity contribution in [3.05, 3.63) is 0 Å². The highest BCUT2D eigenvalue weighted by atomic mass is 16.5. The molecule has 0 aliphatic heterocycles. The Kier molecular flexibility index (Phi) is 25.3. The van der Waals surface area contributed by atoms with Gasteiger partial charge in [0.15, 0.2) is 0 Å². The monoisotopic (exact) mass is 541 g/mol. The Bertz CT molecular complexity index is 554. The van der Waals surface area contributed by atoms with Gasteiger partial charge in [-0.3, -0.25) is 9.59 Å². The fourth-order valence-corrected chi connectivity index (χ4v) is 4.98. The molecule has 0 spiro atoms. The third-order valence-corrected chi connectivity index (χ3v) is 7.40. The van der Waals surface area contributed by atoms with Crippen LogP contribution >= 0.6 is 0 Å². The molecular weight excluding hydrogens is 476 g/mol. The lowest BCUT2D eigenvalue weighted by Crippen LogP contribution is -2.48. The molecule has 0 saturated heterocycles. The summed E-state index contributed by atoms with van der Waals surface area (Å²) in [4.78, 5) is 24.1. The molecule has 6 heteroatoms. The highest BCUT2D eigenvalue weighted by Gasteiger charge is 2.21. The molecule has 0 rings (SSSR count). The Hall–Kier alpha value is -1.14. The van der Waals surface area contributed by atoms with Crippen molar-refractivity contribution in [2.45, 2.75) is 155 Å². The second-order valence-electron chi connectivity index (χ2n) is 12.0. The van der Waals surface area contributed by atoms with Crippen molar-refractivity contribution in [3.63, 3.8) is 0 Å². The van der Waals surface area contributed by atoms with E-state index in [0.29, 0.717) is 30.4 Å². The Labute approximate surface area is 236 Å². The van der Waals surface area contributed by atoms with Gasteiger partial charge in [0, 0.05) is 25.8 Å². The lowest BCUT2D eigenvalue weighted by molar-refractivity contribution is -0.893. The molecule has 0 aliphatic rings. The largest absolute Gasteiger partial charge is 0.463 e. The number of ether oxygens (including phenoxy) is 1. The fraction of sp³-hybridized carbons (Fsp3) is 0.938. The average Bonchev–Trinajstić information content (AvgIpc) is 2.88. The van der Waals surface area contributed by atoms with Crippen molar-refractivity contribution in [1.82, 2.24) is 5.32 Å². The van der Waals surface area contributed by atoms with Crippen molar-refractivity contribution < 1.29 is 23.9 Å². The van der Waals surface area contributed by atoms with E-state index in [0.717, 1.165) is 38.6 Å². The molecule has 0 aliphatic carbocycles. The van der Waals surface area contributed by atoms with Gasteiger partial charge >= 0.3 is 5.97 Å². The first-order valence-corrected chi connectivity index (χ1v) is 16.2. The van der Waals surface area contributed by atoms with E-state index in [4.69, 9.17) is 4.74 Å². The van der Waals surface area contributed by atoms with Crippen LogP contribution in [0.4, 0.5) is 0 Å². The number of carbonyl (C=O) groups excluding carboxylic acids is 2. The van der Waals surface area contributed by atoms with Gasteiger partial charge < -0.3 is 19.6 Å². The Morgan fingerprint density at radius 1 is 0.684 bits per heavy atom. The minimum absolute atomic E-state index is 0.0629. The average molecular weight is 542 g/mol. The molecule has 0 aromatic carbocycles. The summed E-state index contributed by atoms with van der Waals surface area (Å²) in [7, 11) is 4.13. The number of nitrogens with zero attached hydrogens (tertiary/aromatic N) is 1. The predicted molar refractivity (Wildman–Crippen MR) is 160 cm³/mol. The predicted octanol–water partition coefficient (Wildman–Crippen LogP) is 7.32. The minimum atomic E-state index is -0.668. The number of nitrogens with one attached hydrogen (secondary N) is 1. The highest BCUT2D eigenvalue weighted by Crippen LogP contribution is 2.12. The van der Waals surface area contributed by atoms with Crippen LogP contribution in [0.2, 0.25) is 0 Å². The Morgan fingerprint density at radius 3 is 1.63 bits per heavy atom. The molecule has 0 saturated carbocycles. The van der Waals surface area contributed by atoms with Gasteiger partial charge in [-0.25, -0.2) is 0 Å². The normalized spacial score (nSPS) is 12.4. The van der Waals surface area contributed by atoms with Crippen LogP contribution in [0.3, 0.4) is 0 Å². The summed E-state index contributed by atoms with van der Waals surface area (Å²) in [6, 6.07) is 0. The standard InChI is InChI=1S/C32H64N2O4/c1-5-7-9-11-13-15-17-19-21-24-31(36)33-26-23-27-34(3,4)28-30(35)29-38-32(37)25-22-20-18-16-14-12-10-8-6-2/h30,35H,5-29H2,1-4H3/p+1. The van der Waals surface area contributed by atoms with E-state index in [-0.39, 0.29) is 18.5 Å². The lowest BCUT2D eigenvalue weighted by Gasteiger charge is -2.31. The Morgan fingerprint density at radius 2 is 1.13 bits per heavy atom. The molecule has 2 N–H and O–H groups in total. The zero-order valence-electron chi connectivity index (χ0n) is 25.9. The van der Waals surface area contributed by atoms with Crippen LogP contribution in [-0.2, 0) is 14.3 Å². The summed E-state index contributed by atoms with van der Waals surface area (Å²) < 4.78 is 5.94. The van der Waals surface area contributed by atoms with Gasteiger partial charge in [0.1, 0.15) is 19.3 Å². The molecule has 0 aromatic rings. The van der Waals surface area contributed by atoms with Crippen molar-refractivity contribution in [1.29, 1.82) is 0 Å². The van der Waals surface area contributed by atoms with Gasteiger partial charge in [0.05, 0.1) is 20.6 Å². The molecular formula is C32H65N2O4+. The van der Waals surface area contributed by atoms with Crippen molar-refractivity contribution in [2.24, 2.45) is 0 Å². The third-order valence-electron chi connectivity index (χ3n) is 7.40. The second-order valence-corrected chi connectivity index (χ2v) is 12.0. The zero-order valence-corrected chi connectivity index (χ0v) is 25.9. The quantitative estimate of drug-likeness (QED) is 0.0618. The van der Waals surface area contributed by atoms with Crippen LogP contribution in [0.25, 0.3) is 0 Å². The number of rotatable bonds is 28. The van der Waals surface area contributed by atoms with Gasteiger partial charge in [0.25, 0.3) is 0 Å². The van der Waals surface area contributed by atoms with Crippen molar-refractivity contribution in [2.75, 3.05) is 40.3 Å². The molecule has 0 aromatic heterocycles. The summed E-state index contributed by atoms with van der Waals surface area (Å²) in [5.74, 6) is -0.0517. The van der Waals surface area contributed by atoms with Crippen LogP contribution in [0.5, 0.6) is 0 Å². The van der Waals surface area contributed by atoms with Gasteiger partial charge in [-0.05, 0) is 12.8 Å². The van der Waals surface area contributed by atoms with Gasteiger partial charge in [-0.2, -0.15) is 0 Å². The smallest absolute Gasteiger partial charge is 0.305 e. The summed E-state index contributed by atoms with van der Waals surface area (Å²) in [6.07, 6.45) is 23.6. The minimum Gasteiger partial charge on any atom is -0.463 e. The Balaban J connectivity index is 3.68. The van der Waals surface area contributed by atoms with Crippen molar-refractivity contribution in [3.8, 4) is 0 Å². The van der Waals surface area contributed by atoms with E-state index in [1.807, 2.05) is 0 Å². The molecule has 0 heterocycles. The molecule has 1 unspecified atom stereocenters. The van der Waals surface area contributed by atoms with Gasteiger partial charge in [0.2, 0.25) is 5.91 Å². The molecule has 0 fully saturated rings. The van der Waals surface area contributed by atoms with Crippen LogP contribution in [-0.4, -0.2) is 67.9 Å². The summed E-state index contributed by atoms with van der Waals surface area (Å²) in [6.45, 7) is 6.59. The number of likely N-dealkylation sites (N-methyl/N-ethyl adjacent to an activating group) is 1. The van der Waals surface area contributed by atoms with E-state index in [1.54, 1.807) is 0 Å². The number of aliphatic hydroxyl groups excluding tert-OH is 1. The highest BCUT2D eigenvalue weighted by molar-refractivity contribution is 5.75. The first-order chi connectivity index (χ1) is 18.3. The molecule has 1 amide bonds. The number of esters is 1. The molecule has 6 nitrogen and oxygen atoms in total. The maximum Gasteiger partial charge on any atom is 0.305 e. The first kappa shape index (κ1) is 36.9. The second kappa shape index (κ2) is 26.1. The SMILES string of the molecule is CCCCCCCCCCCC(=O)NCCC[N+](C)(C)CC(O)COC(=O)CCCCCCCCCCC. The molecule has 1 atom stereocenters. The maximum absolute atomic E-state index is 12.1. The number of carbonyl (C=O) groups is 2. The van der Waals surface area contributed by atoms with Crippen LogP contribution in [0, 0.1) is 0 Å². The number of aliphatic hydroxyl groups is 1. The van der Waals surface area contributed by atoms with Crippen molar-refractivity contribution >= 4 is 11.9 Å². The number of unbranched alkanes of at least 4 members (excludes halogenated alkanes) is 16. The van der Waals surface area contributed by atoms with E-state index in [1.165, 1.54) is 89.9 Å². The molecule has 226 valence electrons. The van der Waals surface area contributed by atoms with Gasteiger partial charge in [-0.15, -0.1) is 0 Å². The third kappa shape index (κ3) is 26.5. The summed E-state index contributed by atoms with van der Waals surface area (Å²) in [5.41, 5.74) is 0. The van der Waals surface area contributed by atoms with Crippen LogP contribution in [0.1, 0.15) is 149 Å². The fourth-order valence-electron chi connectivity index (χ4n) is 4.98. The number of hydrogen-bond donors (Lipinski definition) is 2. The summed E-state index contributed by atoms with van der Waals surface area (Å²) in [5, 5.41) is 13.4. The summed E-state index contributed by atoms with van der Waals surface area (Å²) >= 11 is 0. The number of quaternary nitrogens is 1. The molecule has 0 bridgehead atoms. The van der Waals surface area contributed by atoms with Crippen LogP contribution < -0.4 is 5.32 Å². The zero-order chi connectivity index (χ0) is 28.3. The number of hydrogen-bond acceptors (Lipinski definition) is 4. The van der Waals surface area contributed by atoms with Gasteiger partial charge in [-0.1, -0.05) is 117 Å². The van der Waals surface area contributed by atoms with E-state index < -0.39 is 6.10 Å². The maximum atomic E-state index is 12.1. The first-order valence-electron chi connectivity index (χ1n) is 16.2. The lowest BCUT2D eigenvalue weighted by atomic mass is 10.1. The van der Waals surface area contributed by atoms with E-state index in [9.17, 15) is 14.7 Å². The van der Waals surface area contributed by atoms with E-state index >= 15 is 0 Å². The number of amides is 1. The van der Waals surface area contributed by atoms with Crippen LogP contribution in [0.15, 0.2) is 0 Å². The topological polar surface area (TPSA) is 75.6 Å². The molecule has 0 radical (unpaired) electrons.